The summed E-state index contributed by atoms with van der Waals surface area (Å²) >= 11 is 0. The van der Waals surface area contributed by atoms with Crippen LogP contribution in [0.3, 0.4) is 0 Å². The van der Waals surface area contributed by atoms with Crippen molar-refractivity contribution in [2.45, 2.75) is 19.5 Å². The average Bonchev–Trinajstić information content (AvgIpc) is 3.42. The highest BCUT2D eigenvalue weighted by atomic mass is 16.3. The van der Waals surface area contributed by atoms with Crippen LogP contribution in [0.1, 0.15) is 29.1 Å². The van der Waals surface area contributed by atoms with E-state index in [1.807, 2.05) is 47.9 Å². The number of nitrogens with one attached hydrogen (secondary N) is 2. The van der Waals surface area contributed by atoms with Gasteiger partial charge in [0.05, 0.1) is 23.6 Å². The molecule has 29 heavy (non-hydrogen) atoms. The maximum Gasteiger partial charge on any atom is 0.291 e. The van der Waals surface area contributed by atoms with Crippen molar-refractivity contribution in [3.05, 3.63) is 84.6 Å². The summed E-state index contributed by atoms with van der Waals surface area (Å²) in [5.74, 6) is -0.150. The Morgan fingerprint density at radius 2 is 1.86 bits per heavy atom. The largest absolute Gasteiger partial charge is 0.459 e. The van der Waals surface area contributed by atoms with E-state index in [0.717, 1.165) is 16.6 Å². The predicted octanol–water partition coefficient (Wildman–Crippen LogP) is 3.76. The molecule has 0 radical (unpaired) electrons. The first-order valence-electron chi connectivity index (χ1n) is 9.25. The first-order chi connectivity index (χ1) is 14.1. The third-order valence-corrected chi connectivity index (χ3v) is 4.70. The molecule has 0 fully saturated rings. The van der Waals surface area contributed by atoms with Gasteiger partial charge in [-0.15, -0.1) is 0 Å². The maximum absolute atomic E-state index is 12.6. The van der Waals surface area contributed by atoms with E-state index in [1.165, 1.54) is 6.26 Å². The number of carbonyl (C=O) groups is 2. The lowest BCUT2D eigenvalue weighted by molar-refractivity contribution is -0.123. The van der Waals surface area contributed by atoms with Crippen molar-refractivity contribution in [1.29, 1.82) is 0 Å². The molecule has 2 N–H and O–H groups in total. The monoisotopic (exact) mass is 388 g/mol. The summed E-state index contributed by atoms with van der Waals surface area (Å²) in [6, 6.07) is 17.9. The first-order valence-corrected chi connectivity index (χ1v) is 9.25. The molecule has 2 aromatic carbocycles. The number of amides is 2. The van der Waals surface area contributed by atoms with E-state index in [2.05, 4.69) is 15.6 Å². The topological polar surface area (TPSA) is 89.2 Å². The Morgan fingerprint density at radius 1 is 1.07 bits per heavy atom. The van der Waals surface area contributed by atoms with Crippen molar-refractivity contribution in [2.75, 3.05) is 5.32 Å². The number of imidazole rings is 1. The van der Waals surface area contributed by atoms with E-state index in [0.29, 0.717) is 12.2 Å². The van der Waals surface area contributed by atoms with Crippen LogP contribution < -0.4 is 10.6 Å². The lowest BCUT2D eigenvalue weighted by atomic mass is 10.2. The van der Waals surface area contributed by atoms with Crippen molar-refractivity contribution in [3.8, 4) is 0 Å². The molecule has 2 heterocycles. The fourth-order valence-electron chi connectivity index (χ4n) is 3.06. The van der Waals surface area contributed by atoms with Gasteiger partial charge in [-0.1, -0.05) is 24.3 Å². The van der Waals surface area contributed by atoms with Crippen LogP contribution in [0, 0.1) is 0 Å². The number of hydrogen-bond donors (Lipinski definition) is 2. The van der Waals surface area contributed by atoms with Gasteiger partial charge in [-0.3, -0.25) is 9.59 Å². The lowest BCUT2D eigenvalue weighted by Gasteiger charge is -2.15. The summed E-state index contributed by atoms with van der Waals surface area (Å²) in [6.45, 7) is 2.24. The number of anilines is 1. The van der Waals surface area contributed by atoms with Crippen LogP contribution in [0.4, 0.5) is 5.69 Å². The van der Waals surface area contributed by atoms with Crippen molar-refractivity contribution in [3.63, 3.8) is 0 Å². The number of nitrogens with zero attached hydrogens (tertiary/aromatic N) is 2. The quantitative estimate of drug-likeness (QED) is 0.526. The fourth-order valence-corrected chi connectivity index (χ4v) is 3.06. The summed E-state index contributed by atoms with van der Waals surface area (Å²) in [4.78, 5) is 28.9. The van der Waals surface area contributed by atoms with Crippen LogP contribution >= 0.6 is 0 Å². The molecular formula is C22H20N4O3. The first kappa shape index (κ1) is 18.5. The van der Waals surface area contributed by atoms with E-state index < -0.39 is 0 Å². The summed E-state index contributed by atoms with van der Waals surface area (Å²) in [6.07, 6.45) is 3.14. The molecule has 7 heteroatoms. The molecule has 0 saturated heterocycles. The van der Waals surface area contributed by atoms with Crippen LogP contribution in [-0.4, -0.2) is 21.4 Å². The lowest BCUT2D eigenvalue weighted by Crippen LogP contribution is -2.30. The molecule has 0 saturated carbocycles. The van der Waals surface area contributed by atoms with Gasteiger partial charge in [-0.2, -0.15) is 0 Å². The molecular weight excluding hydrogens is 368 g/mol. The SMILES string of the molecule is CC(C(=O)NCc1ccc(NC(=O)c2ccco2)cc1)n1cnc2ccccc21. The number of rotatable bonds is 6. The summed E-state index contributed by atoms with van der Waals surface area (Å²) < 4.78 is 6.93. The molecule has 0 aliphatic heterocycles. The standard InChI is InChI=1S/C22H20N4O3/c1-15(26-14-24-18-5-2-3-6-19(18)26)21(27)23-13-16-8-10-17(11-9-16)25-22(28)20-7-4-12-29-20/h2-12,14-15H,13H2,1H3,(H,23,27)(H,25,28). The van der Waals surface area contributed by atoms with Crippen LogP contribution in [0.15, 0.2) is 77.7 Å². The summed E-state index contributed by atoms with van der Waals surface area (Å²) in [5, 5.41) is 5.70. The number of furan rings is 1. The molecule has 146 valence electrons. The minimum atomic E-state index is -0.380. The zero-order valence-electron chi connectivity index (χ0n) is 15.8. The molecule has 2 amide bonds. The van der Waals surface area contributed by atoms with Crippen LogP contribution in [0.5, 0.6) is 0 Å². The second-order valence-corrected chi connectivity index (χ2v) is 6.66. The zero-order chi connectivity index (χ0) is 20.2. The highest BCUT2D eigenvalue weighted by Gasteiger charge is 2.16. The predicted molar refractivity (Wildman–Crippen MR) is 109 cm³/mol. The summed E-state index contributed by atoms with van der Waals surface area (Å²) in [7, 11) is 0. The van der Waals surface area contributed by atoms with Crippen LogP contribution in [0.25, 0.3) is 11.0 Å². The molecule has 0 aliphatic rings. The Labute approximate surface area is 167 Å². The molecule has 1 atom stereocenters. The molecule has 2 aromatic heterocycles. The van der Waals surface area contributed by atoms with Gasteiger partial charge in [-0.25, -0.2) is 4.98 Å². The van der Waals surface area contributed by atoms with Gasteiger partial charge < -0.3 is 19.6 Å². The van der Waals surface area contributed by atoms with Gasteiger partial charge >= 0.3 is 0 Å². The van der Waals surface area contributed by atoms with Crippen molar-refractivity contribution < 1.29 is 14.0 Å². The molecule has 4 aromatic rings. The third kappa shape index (κ3) is 4.03. The number of fused-ring (bicyclic) bond motifs is 1. The Morgan fingerprint density at radius 3 is 2.62 bits per heavy atom. The Balaban J connectivity index is 1.35. The van der Waals surface area contributed by atoms with Gasteiger partial charge in [0, 0.05) is 12.2 Å². The van der Waals surface area contributed by atoms with E-state index in [-0.39, 0.29) is 23.6 Å². The number of aromatic nitrogens is 2. The Hall–Kier alpha value is -3.87. The molecule has 0 aliphatic carbocycles. The summed E-state index contributed by atoms with van der Waals surface area (Å²) in [5.41, 5.74) is 3.36. The van der Waals surface area contributed by atoms with Crippen LogP contribution in [0.2, 0.25) is 0 Å². The van der Waals surface area contributed by atoms with Gasteiger partial charge in [0.1, 0.15) is 6.04 Å². The van der Waals surface area contributed by atoms with E-state index in [4.69, 9.17) is 4.42 Å². The van der Waals surface area contributed by atoms with E-state index >= 15 is 0 Å². The van der Waals surface area contributed by atoms with Crippen LogP contribution in [-0.2, 0) is 11.3 Å². The molecule has 7 nitrogen and oxygen atoms in total. The molecule has 1 unspecified atom stereocenters. The molecule has 0 spiro atoms. The number of hydrogen-bond acceptors (Lipinski definition) is 4. The number of carbonyl (C=O) groups excluding carboxylic acids is 2. The maximum atomic E-state index is 12.6. The van der Waals surface area contributed by atoms with Crippen molar-refractivity contribution in [1.82, 2.24) is 14.9 Å². The number of benzene rings is 2. The average molecular weight is 388 g/mol. The van der Waals surface area contributed by atoms with E-state index in [9.17, 15) is 9.59 Å². The van der Waals surface area contributed by atoms with Crippen molar-refractivity contribution >= 4 is 28.5 Å². The highest BCUT2D eigenvalue weighted by Crippen LogP contribution is 2.18. The minimum Gasteiger partial charge on any atom is -0.459 e. The van der Waals surface area contributed by atoms with Crippen molar-refractivity contribution in [2.24, 2.45) is 0 Å². The Bertz CT molecular complexity index is 1130. The normalized spacial score (nSPS) is 11.9. The van der Waals surface area contributed by atoms with E-state index in [1.54, 1.807) is 30.6 Å². The van der Waals surface area contributed by atoms with Gasteiger partial charge in [0.25, 0.3) is 5.91 Å². The van der Waals surface area contributed by atoms with Gasteiger partial charge in [-0.05, 0) is 48.9 Å². The Kier molecular flexibility index (Phi) is 5.11. The highest BCUT2D eigenvalue weighted by molar-refractivity contribution is 6.02. The molecule has 4 rings (SSSR count). The minimum absolute atomic E-state index is 0.0941. The van der Waals surface area contributed by atoms with Gasteiger partial charge in [0.15, 0.2) is 5.76 Å². The smallest absolute Gasteiger partial charge is 0.291 e. The zero-order valence-corrected chi connectivity index (χ0v) is 15.8. The fraction of sp³-hybridized carbons (Fsp3) is 0.136. The second-order valence-electron chi connectivity index (χ2n) is 6.66. The molecule has 0 bridgehead atoms. The second kappa shape index (κ2) is 8.02. The number of para-hydroxylation sites is 2. The third-order valence-electron chi connectivity index (χ3n) is 4.70. The van der Waals surface area contributed by atoms with Gasteiger partial charge in [0.2, 0.25) is 5.91 Å².